The van der Waals surface area contributed by atoms with Crippen molar-refractivity contribution in [3.63, 3.8) is 0 Å². The third-order valence-corrected chi connectivity index (χ3v) is 4.65. The topological polar surface area (TPSA) is 24.8 Å². The Hall–Kier alpha value is -1.51. The van der Waals surface area contributed by atoms with Crippen LogP contribution in [0.2, 0.25) is 0 Å². The predicted octanol–water partition coefficient (Wildman–Crippen LogP) is 5.12. The number of rotatable bonds is 9. The molecule has 1 aliphatic carbocycles. The predicted molar refractivity (Wildman–Crippen MR) is 99.0 cm³/mol. The van der Waals surface area contributed by atoms with Crippen LogP contribution in [-0.4, -0.2) is 31.4 Å². The Morgan fingerprint density at radius 3 is 2.65 bits per heavy atom. The Kier molecular flexibility index (Phi) is 6.49. The summed E-state index contributed by atoms with van der Waals surface area (Å²) in [5.74, 6) is 2.69. The summed E-state index contributed by atoms with van der Waals surface area (Å²) in [7, 11) is 2.06. The number of hydrogen-bond acceptors (Lipinski definition) is 2. The molecule has 0 N–H and O–H groups in total. The average Bonchev–Trinajstić information content (AvgIpc) is 3.25. The highest BCUT2D eigenvalue weighted by molar-refractivity contribution is 5.64. The fraction of sp³-hybridized carbons (Fsp3) is 0.650. The van der Waals surface area contributed by atoms with Crippen molar-refractivity contribution in [2.24, 2.45) is 16.8 Å². The quantitative estimate of drug-likeness (QED) is 0.466. The van der Waals surface area contributed by atoms with Crippen molar-refractivity contribution in [3.8, 4) is 5.75 Å². The zero-order valence-corrected chi connectivity index (χ0v) is 15.4. The van der Waals surface area contributed by atoms with Crippen LogP contribution in [0.15, 0.2) is 17.1 Å². The molecule has 3 heteroatoms. The Morgan fingerprint density at radius 2 is 1.96 bits per heavy atom. The van der Waals surface area contributed by atoms with Gasteiger partial charge in [0, 0.05) is 13.6 Å². The molecule has 2 unspecified atom stereocenters. The van der Waals surface area contributed by atoms with Crippen molar-refractivity contribution in [2.45, 2.75) is 53.4 Å². The number of aliphatic imine (C=N–C) groups is 1. The van der Waals surface area contributed by atoms with E-state index < -0.39 is 0 Å². The highest BCUT2D eigenvalue weighted by Crippen LogP contribution is 2.42. The molecule has 0 aromatic heterocycles. The van der Waals surface area contributed by atoms with Crippen LogP contribution in [0.3, 0.4) is 0 Å². The fourth-order valence-corrected chi connectivity index (χ4v) is 3.08. The lowest BCUT2D eigenvalue weighted by Crippen LogP contribution is -2.16. The number of benzene rings is 1. The third kappa shape index (κ3) is 5.26. The van der Waals surface area contributed by atoms with Crippen LogP contribution in [0.25, 0.3) is 0 Å². The smallest absolute Gasteiger partial charge is 0.122 e. The summed E-state index contributed by atoms with van der Waals surface area (Å²) in [5.41, 5.74) is 3.38. The summed E-state index contributed by atoms with van der Waals surface area (Å²) < 4.78 is 6.07. The van der Waals surface area contributed by atoms with Gasteiger partial charge in [0.15, 0.2) is 0 Å². The molecular weight excluding hydrogens is 284 g/mol. The lowest BCUT2D eigenvalue weighted by molar-refractivity contribution is 0.288. The van der Waals surface area contributed by atoms with E-state index in [9.17, 15) is 0 Å². The van der Waals surface area contributed by atoms with Gasteiger partial charge in [-0.25, -0.2) is 4.99 Å². The molecule has 2 rings (SSSR count). The first-order chi connectivity index (χ1) is 11.0. The lowest BCUT2D eigenvalue weighted by atomic mass is 10.1. The highest BCUT2D eigenvalue weighted by atomic mass is 16.5. The minimum absolute atomic E-state index is 0.773. The van der Waals surface area contributed by atoms with Crippen molar-refractivity contribution in [2.75, 3.05) is 20.2 Å². The number of ether oxygens (including phenoxy) is 1. The van der Waals surface area contributed by atoms with E-state index in [2.05, 4.69) is 56.8 Å². The normalized spacial score (nSPS) is 20.0. The van der Waals surface area contributed by atoms with Crippen LogP contribution in [-0.2, 0) is 0 Å². The zero-order valence-electron chi connectivity index (χ0n) is 15.4. The van der Waals surface area contributed by atoms with Gasteiger partial charge >= 0.3 is 0 Å². The summed E-state index contributed by atoms with van der Waals surface area (Å²) in [6.45, 7) is 10.6. The highest BCUT2D eigenvalue weighted by Gasteiger charge is 2.36. The molecule has 1 aliphatic rings. The molecule has 2 atom stereocenters. The van der Waals surface area contributed by atoms with E-state index in [-0.39, 0.29) is 0 Å². The van der Waals surface area contributed by atoms with E-state index in [1.807, 2.05) is 6.34 Å². The van der Waals surface area contributed by atoms with Crippen LogP contribution in [0.4, 0.5) is 5.69 Å². The van der Waals surface area contributed by atoms with Gasteiger partial charge in [-0.1, -0.05) is 26.7 Å². The van der Waals surface area contributed by atoms with Gasteiger partial charge in [0.05, 0.1) is 18.6 Å². The van der Waals surface area contributed by atoms with Gasteiger partial charge in [0.25, 0.3) is 0 Å². The Morgan fingerprint density at radius 1 is 1.17 bits per heavy atom. The van der Waals surface area contributed by atoms with Crippen molar-refractivity contribution in [3.05, 3.63) is 23.3 Å². The van der Waals surface area contributed by atoms with Crippen molar-refractivity contribution in [1.29, 1.82) is 0 Å². The van der Waals surface area contributed by atoms with Gasteiger partial charge in [-0.05, 0) is 61.8 Å². The third-order valence-electron chi connectivity index (χ3n) is 4.65. The summed E-state index contributed by atoms with van der Waals surface area (Å²) in [4.78, 5) is 6.74. The Labute approximate surface area is 141 Å². The minimum atomic E-state index is 0.773. The molecule has 23 heavy (non-hydrogen) atoms. The Balaban J connectivity index is 1.94. The first-order valence-electron chi connectivity index (χ1n) is 9.03. The van der Waals surface area contributed by atoms with Crippen LogP contribution >= 0.6 is 0 Å². The first kappa shape index (κ1) is 17.8. The molecular formula is C20H32N2O. The maximum Gasteiger partial charge on any atom is 0.122 e. The van der Waals surface area contributed by atoms with E-state index in [1.54, 1.807) is 0 Å². The maximum absolute atomic E-state index is 6.07. The van der Waals surface area contributed by atoms with Gasteiger partial charge in [-0.15, -0.1) is 0 Å². The van der Waals surface area contributed by atoms with E-state index >= 15 is 0 Å². The van der Waals surface area contributed by atoms with Crippen LogP contribution in [0.5, 0.6) is 5.75 Å². The lowest BCUT2D eigenvalue weighted by Gasteiger charge is -2.13. The second-order valence-corrected chi connectivity index (χ2v) is 6.98. The summed E-state index contributed by atoms with van der Waals surface area (Å²) in [6.07, 6.45) is 7.04. The monoisotopic (exact) mass is 316 g/mol. The average molecular weight is 316 g/mol. The first-order valence-corrected chi connectivity index (χ1v) is 9.03. The number of aryl methyl sites for hydroxylation is 2. The molecule has 1 aromatic carbocycles. The number of nitrogens with zero attached hydrogens (tertiary/aromatic N) is 2. The second-order valence-electron chi connectivity index (χ2n) is 6.98. The fourth-order valence-electron chi connectivity index (χ4n) is 3.08. The van der Waals surface area contributed by atoms with Crippen LogP contribution < -0.4 is 4.74 Å². The molecule has 1 saturated carbocycles. The molecule has 0 spiro atoms. The second kappa shape index (κ2) is 8.37. The minimum Gasteiger partial charge on any atom is -0.493 e. The van der Waals surface area contributed by atoms with E-state index in [4.69, 9.17) is 4.74 Å². The van der Waals surface area contributed by atoms with Crippen molar-refractivity contribution in [1.82, 2.24) is 4.90 Å². The van der Waals surface area contributed by atoms with Gasteiger partial charge in [0.1, 0.15) is 5.75 Å². The van der Waals surface area contributed by atoms with E-state index in [0.29, 0.717) is 0 Å². The molecule has 0 aliphatic heterocycles. The Bertz CT molecular complexity index is 539. The van der Waals surface area contributed by atoms with Crippen LogP contribution in [0.1, 0.15) is 50.7 Å². The molecule has 3 nitrogen and oxygen atoms in total. The molecule has 0 bridgehead atoms. The maximum atomic E-state index is 6.07. The van der Waals surface area contributed by atoms with Gasteiger partial charge in [-0.2, -0.15) is 0 Å². The molecule has 1 fully saturated rings. The molecule has 128 valence electrons. The van der Waals surface area contributed by atoms with Gasteiger partial charge < -0.3 is 9.64 Å². The molecule has 0 amide bonds. The summed E-state index contributed by atoms with van der Waals surface area (Å²) in [6, 6.07) is 4.27. The van der Waals surface area contributed by atoms with Gasteiger partial charge in [0.2, 0.25) is 0 Å². The largest absolute Gasteiger partial charge is 0.493 e. The SMILES string of the molecule is CCCC1CC1COc1cc(C)c(/N=C/N(C)CCC)cc1C. The summed E-state index contributed by atoms with van der Waals surface area (Å²) >= 11 is 0. The number of hydrogen-bond donors (Lipinski definition) is 0. The summed E-state index contributed by atoms with van der Waals surface area (Å²) in [5, 5.41) is 0. The molecule has 1 aromatic rings. The van der Waals surface area contributed by atoms with Crippen molar-refractivity contribution < 1.29 is 4.74 Å². The molecule has 0 heterocycles. The standard InChI is InChI=1S/C20H32N2O/c1-6-8-17-12-18(17)13-23-20-11-15(3)19(10-16(20)4)21-14-22(5)9-7-2/h10-11,14,17-18H,6-9,12-13H2,1-5H3/b21-14+. The van der Waals surface area contributed by atoms with E-state index in [0.717, 1.165) is 42.8 Å². The van der Waals surface area contributed by atoms with Gasteiger partial charge in [-0.3, -0.25) is 0 Å². The zero-order chi connectivity index (χ0) is 16.8. The van der Waals surface area contributed by atoms with Crippen molar-refractivity contribution >= 4 is 12.0 Å². The molecule has 0 saturated heterocycles. The van der Waals surface area contributed by atoms with E-state index in [1.165, 1.54) is 30.4 Å². The van der Waals surface area contributed by atoms with Crippen LogP contribution in [0, 0.1) is 25.7 Å². The molecule has 0 radical (unpaired) electrons.